The predicted molar refractivity (Wildman–Crippen MR) is 110 cm³/mol. The molecule has 0 bridgehead atoms. The highest BCUT2D eigenvalue weighted by Crippen LogP contribution is 2.27. The third kappa shape index (κ3) is 5.24. The summed E-state index contributed by atoms with van der Waals surface area (Å²) in [5.74, 6) is 0.363. The molecule has 1 heterocycles. The van der Waals surface area contributed by atoms with E-state index in [1.807, 2.05) is 24.3 Å². The lowest BCUT2D eigenvalue weighted by Crippen LogP contribution is -3.16. The minimum atomic E-state index is -0.239. The first-order valence-electron chi connectivity index (χ1n) is 9.77. The zero-order valence-electron chi connectivity index (χ0n) is 16.6. The average Bonchev–Trinajstić information content (AvgIpc) is 2.75. The molecule has 0 aromatic heterocycles. The molecule has 2 aromatic carbocycles. The molecule has 0 atom stereocenters. The van der Waals surface area contributed by atoms with Crippen LogP contribution in [0.4, 0.5) is 15.8 Å². The van der Waals surface area contributed by atoms with Crippen molar-refractivity contribution in [3.8, 4) is 11.8 Å². The molecule has 29 heavy (non-hydrogen) atoms. The van der Waals surface area contributed by atoms with Crippen molar-refractivity contribution in [2.24, 2.45) is 0 Å². The number of para-hydroxylation sites is 2. The number of nitriles is 1. The summed E-state index contributed by atoms with van der Waals surface area (Å²) in [4.78, 5) is 18.1. The van der Waals surface area contributed by atoms with Gasteiger partial charge < -0.3 is 19.4 Å². The second-order valence-corrected chi connectivity index (χ2v) is 7.02. The fourth-order valence-electron chi connectivity index (χ4n) is 3.61. The normalized spacial score (nSPS) is 14.3. The van der Waals surface area contributed by atoms with Gasteiger partial charge in [0.25, 0.3) is 5.91 Å². The van der Waals surface area contributed by atoms with Crippen LogP contribution in [-0.2, 0) is 4.79 Å². The Balaban J connectivity index is 1.63. The van der Waals surface area contributed by atoms with Crippen molar-refractivity contribution in [3.05, 3.63) is 54.3 Å². The van der Waals surface area contributed by atoms with Gasteiger partial charge in [0.2, 0.25) is 0 Å². The average molecular weight is 397 g/mol. The summed E-state index contributed by atoms with van der Waals surface area (Å²) < 4.78 is 18.5. The number of carbonyl (C=O) groups is 1. The molecule has 0 aliphatic carbocycles. The number of rotatable bonds is 7. The summed E-state index contributed by atoms with van der Waals surface area (Å²) in [5, 5.41) is 8.99. The molecule has 1 fully saturated rings. The van der Waals surface area contributed by atoms with E-state index in [4.69, 9.17) is 10.00 Å². The van der Waals surface area contributed by atoms with Crippen LogP contribution in [-0.4, -0.2) is 52.3 Å². The van der Waals surface area contributed by atoms with Crippen LogP contribution < -0.4 is 19.4 Å². The summed E-state index contributed by atoms with van der Waals surface area (Å²) in [6, 6.07) is 16.0. The van der Waals surface area contributed by atoms with Gasteiger partial charge in [-0.1, -0.05) is 12.1 Å². The van der Waals surface area contributed by atoms with Crippen LogP contribution in [0.15, 0.2) is 48.5 Å². The Morgan fingerprint density at radius 2 is 1.90 bits per heavy atom. The number of anilines is 2. The number of carbonyl (C=O) groups excluding carboxylic acids is 1. The van der Waals surface area contributed by atoms with Gasteiger partial charge in [0.1, 0.15) is 11.6 Å². The molecule has 0 unspecified atom stereocenters. The minimum absolute atomic E-state index is 0.0185. The highest BCUT2D eigenvalue weighted by atomic mass is 19.1. The molecule has 1 aliphatic heterocycles. The first kappa shape index (κ1) is 20.6. The molecular formula is C22H26FN4O2+. The SMILES string of the molecule is COc1ccccc1N(CCC#N)C(=O)C[NH+]1CCN(c2ccc(F)cc2)CC1. The van der Waals surface area contributed by atoms with Crippen molar-refractivity contribution in [2.75, 3.05) is 56.2 Å². The lowest BCUT2D eigenvalue weighted by atomic mass is 10.2. The first-order chi connectivity index (χ1) is 14.1. The van der Waals surface area contributed by atoms with Gasteiger partial charge in [-0.25, -0.2) is 4.39 Å². The first-order valence-corrected chi connectivity index (χ1v) is 9.77. The van der Waals surface area contributed by atoms with Crippen molar-refractivity contribution >= 4 is 17.3 Å². The third-order valence-corrected chi connectivity index (χ3v) is 5.19. The molecular weight excluding hydrogens is 371 g/mol. The van der Waals surface area contributed by atoms with Crippen LogP contribution in [0.25, 0.3) is 0 Å². The number of quaternary nitrogens is 1. The molecule has 3 rings (SSSR count). The van der Waals surface area contributed by atoms with Crippen LogP contribution in [0.3, 0.4) is 0 Å². The number of amides is 1. The van der Waals surface area contributed by atoms with Crippen molar-refractivity contribution in [1.82, 2.24) is 0 Å². The van der Waals surface area contributed by atoms with Gasteiger partial charge in [0.15, 0.2) is 6.54 Å². The van der Waals surface area contributed by atoms with E-state index in [1.54, 1.807) is 24.1 Å². The zero-order chi connectivity index (χ0) is 20.6. The molecule has 1 N–H and O–H groups in total. The standard InChI is InChI=1S/C22H25FN4O2/c1-29-21-6-3-2-5-20(21)27(12-4-11-24)22(28)17-25-13-15-26(16-14-25)19-9-7-18(23)8-10-19/h2-3,5-10H,4,12-17H2,1H3/p+1. The molecule has 2 aromatic rings. The molecule has 1 saturated heterocycles. The van der Waals surface area contributed by atoms with Crippen LogP contribution in [0.1, 0.15) is 6.42 Å². The number of ether oxygens (including phenoxy) is 1. The lowest BCUT2D eigenvalue weighted by Gasteiger charge is -2.34. The highest BCUT2D eigenvalue weighted by molar-refractivity contribution is 5.95. The fourth-order valence-corrected chi connectivity index (χ4v) is 3.61. The van der Waals surface area contributed by atoms with E-state index in [2.05, 4.69) is 11.0 Å². The molecule has 0 radical (unpaired) electrons. The summed E-state index contributed by atoms with van der Waals surface area (Å²) in [6.07, 6.45) is 0.261. The van der Waals surface area contributed by atoms with E-state index in [0.29, 0.717) is 24.5 Å². The minimum Gasteiger partial charge on any atom is -0.495 e. The molecule has 1 amide bonds. The lowest BCUT2D eigenvalue weighted by molar-refractivity contribution is -0.892. The van der Waals surface area contributed by atoms with Gasteiger partial charge in [-0.05, 0) is 36.4 Å². The Kier molecular flexibility index (Phi) is 7.04. The van der Waals surface area contributed by atoms with E-state index in [1.165, 1.54) is 17.0 Å². The van der Waals surface area contributed by atoms with E-state index >= 15 is 0 Å². The zero-order valence-corrected chi connectivity index (χ0v) is 16.6. The molecule has 0 saturated carbocycles. The summed E-state index contributed by atoms with van der Waals surface area (Å²) in [7, 11) is 1.58. The molecule has 6 nitrogen and oxygen atoms in total. The Morgan fingerprint density at radius 3 is 2.55 bits per heavy atom. The second-order valence-electron chi connectivity index (χ2n) is 7.02. The smallest absolute Gasteiger partial charge is 0.282 e. The Bertz CT molecular complexity index is 858. The number of benzene rings is 2. The van der Waals surface area contributed by atoms with Gasteiger partial charge in [-0.3, -0.25) is 4.79 Å². The number of piperazine rings is 1. The quantitative estimate of drug-likeness (QED) is 0.769. The van der Waals surface area contributed by atoms with E-state index in [-0.39, 0.29) is 18.1 Å². The van der Waals surface area contributed by atoms with E-state index in [9.17, 15) is 9.18 Å². The van der Waals surface area contributed by atoms with Crippen LogP contribution in [0, 0.1) is 17.1 Å². The monoisotopic (exact) mass is 397 g/mol. The van der Waals surface area contributed by atoms with Gasteiger partial charge >= 0.3 is 0 Å². The topological polar surface area (TPSA) is 61.0 Å². The molecule has 152 valence electrons. The highest BCUT2D eigenvalue weighted by Gasteiger charge is 2.26. The van der Waals surface area contributed by atoms with Crippen LogP contribution in [0.5, 0.6) is 5.75 Å². The molecule has 0 spiro atoms. The van der Waals surface area contributed by atoms with Gasteiger partial charge in [-0.15, -0.1) is 0 Å². The summed E-state index contributed by atoms with van der Waals surface area (Å²) >= 11 is 0. The van der Waals surface area contributed by atoms with E-state index in [0.717, 1.165) is 31.9 Å². The van der Waals surface area contributed by atoms with Crippen molar-refractivity contribution < 1.29 is 18.8 Å². The number of nitrogens with zero attached hydrogens (tertiary/aromatic N) is 3. The van der Waals surface area contributed by atoms with Gasteiger partial charge in [0.05, 0.1) is 51.5 Å². The largest absolute Gasteiger partial charge is 0.495 e. The maximum Gasteiger partial charge on any atom is 0.282 e. The molecule has 1 aliphatic rings. The van der Waals surface area contributed by atoms with Gasteiger partial charge in [0, 0.05) is 12.2 Å². The summed E-state index contributed by atoms with van der Waals surface area (Å²) in [6.45, 7) is 3.95. The number of hydrogen-bond acceptors (Lipinski definition) is 4. The van der Waals surface area contributed by atoms with Crippen LogP contribution >= 0.6 is 0 Å². The maximum absolute atomic E-state index is 13.1. The predicted octanol–water partition coefficient (Wildman–Crippen LogP) is 1.49. The Morgan fingerprint density at radius 1 is 1.21 bits per heavy atom. The second kappa shape index (κ2) is 9.89. The third-order valence-electron chi connectivity index (χ3n) is 5.19. The van der Waals surface area contributed by atoms with E-state index < -0.39 is 0 Å². The van der Waals surface area contributed by atoms with Gasteiger partial charge in [-0.2, -0.15) is 5.26 Å². The van der Waals surface area contributed by atoms with Crippen molar-refractivity contribution in [3.63, 3.8) is 0 Å². The Labute approximate surface area is 170 Å². The van der Waals surface area contributed by atoms with Crippen molar-refractivity contribution in [2.45, 2.75) is 6.42 Å². The Hall–Kier alpha value is -3.11. The number of nitrogens with one attached hydrogen (secondary N) is 1. The summed E-state index contributed by atoms with van der Waals surface area (Å²) in [5.41, 5.74) is 1.70. The molecule has 7 heteroatoms. The number of hydrogen-bond donors (Lipinski definition) is 1. The van der Waals surface area contributed by atoms with Crippen LogP contribution in [0.2, 0.25) is 0 Å². The maximum atomic E-state index is 13.1. The number of halogens is 1. The number of methoxy groups -OCH3 is 1. The van der Waals surface area contributed by atoms with Crippen molar-refractivity contribution in [1.29, 1.82) is 5.26 Å². The fraction of sp³-hybridized carbons (Fsp3) is 0.364.